The van der Waals surface area contributed by atoms with Crippen molar-refractivity contribution in [2.75, 3.05) is 13.2 Å². The molecule has 21 heavy (non-hydrogen) atoms. The van der Waals surface area contributed by atoms with Crippen LogP contribution in [0.1, 0.15) is 90.4 Å². The second-order valence-electron chi connectivity index (χ2n) is 6.00. The highest BCUT2D eigenvalue weighted by Crippen LogP contribution is 2.14. The van der Waals surface area contributed by atoms with Gasteiger partial charge in [0, 0.05) is 26.1 Å². The SMILES string of the molecule is CCCCCCC#CCCCCCCO[C@@H]1CCCCO1. The highest BCUT2D eigenvalue weighted by Gasteiger charge is 2.13. The minimum Gasteiger partial charge on any atom is -0.353 e. The van der Waals surface area contributed by atoms with E-state index in [1.165, 1.54) is 57.8 Å². The lowest BCUT2D eigenvalue weighted by Crippen LogP contribution is -2.22. The average molecular weight is 294 g/mol. The Kier molecular flexibility index (Phi) is 12.7. The predicted molar refractivity (Wildman–Crippen MR) is 89.2 cm³/mol. The van der Waals surface area contributed by atoms with E-state index in [0.717, 1.165) is 38.9 Å². The topological polar surface area (TPSA) is 18.5 Å². The van der Waals surface area contributed by atoms with E-state index in [4.69, 9.17) is 9.47 Å². The quantitative estimate of drug-likeness (QED) is 0.372. The van der Waals surface area contributed by atoms with Gasteiger partial charge in [-0.1, -0.05) is 39.0 Å². The van der Waals surface area contributed by atoms with Crippen LogP contribution in [0.25, 0.3) is 0 Å². The largest absolute Gasteiger partial charge is 0.353 e. The molecule has 0 aliphatic carbocycles. The van der Waals surface area contributed by atoms with Crippen LogP contribution in [0, 0.1) is 11.8 Å². The van der Waals surface area contributed by atoms with Crippen LogP contribution in [0.3, 0.4) is 0 Å². The zero-order valence-electron chi connectivity index (χ0n) is 14.0. The summed E-state index contributed by atoms with van der Waals surface area (Å²) in [5.41, 5.74) is 0. The van der Waals surface area contributed by atoms with Crippen LogP contribution in [0.2, 0.25) is 0 Å². The molecule has 1 atom stereocenters. The fourth-order valence-electron chi connectivity index (χ4n) is 2.54. The Hall–Kier alpha value is -0.520. The van der Waals surface area contributed by atoms with E-state index in [1.807, 2.05) is 0 Å². The highest BCUT2D eigenvalue weighted by molar-refractivity contribution is 4.98. The molecule has 0 saturated carbocycles. The molecule has 0 aromatic heterocycles. The van der Waals surface area contributed by atoms with Crippen molar-refractivity contribution in [3.63, 3.8) is 0 Å². The number of ether oxygens (including phenoxy) is 2. The molecule has 2 heteroatoms. The molecule has 1 rings (SSSR count). The van der Waals surface area contributed by atoms with E-state index in [1.54, 1.807) is 0 Å². The van der Waals surface area contributed by atoms with Crippen molar-refractivity contribution >= 4 is 0 Å². The van der Waals surface area contributed by atoms with Gasteiger partial charge >= 0.3 is 0 Å². The van der Waals surface area contributed by atoms with Gasteiger partial charge in [0.05, 0.1) is 0 Å². The van der Waals surface area contributed by atoms with Crippen LogP contribution in [-0.2, 0) is 9.47 Å². The third-order valence-corrected chi connectivity index (χ3v) is 3.92. The summed E-state index contributed by atoms with van der Waals surface area (Å²) < 4.78 is 11.3. The first-order valence-corrected chi connectivity index (χ1v) is 9.12. The molecule has 0 N–H and O–H groups in total. The van der Waals surface area contributed by atoms with Crippen molar-refractivity contribution in [1.29, 1.82) is 0 Å². The molecular formula is C19H34O2. The van der Waals surface area contributed by atoms with Crippen LogP contribution in [-0.4, -0.2) is 19.5 Å². The third kappa shape index (κ3) is 11.8. The van der Waals surface area contributed by atoms with E-state index >= 15 is 0 Å². The Morgan fingerprint density at radius 2 is 1.62 bits per heavy atom. The molecular weight excluding hydrogens is 260 g/mol. The van der Waals surface area contributed by atoms with E-state index in [2.05, 4.69) is 18.8 Å². The Balaban J connectivity index is 1.77. The van der Waals surface area contributed by atoms with E-state index in [9.17, 15) is 0 Å². The number of hydrogen-bond acceptors (Lipinski definition) is 2. The smallest absolute Gasteiger partial charge is 0.157 e. The van der Waals surface area contributed by atoms with Crippen LogP contribution >= 0.6 is 0 Å². The molecule has 0 unspecified atom stereocenters. The molecule has 0 radical (unpaired) electrons. The fourth-order valence-corrected chi connectivity index (χ4v) is 2.54. The summed E-state index contributed by atoms with van der Waals surface area (Å²) in [5, 5.41) is 0. The van der Waals surface area contributed by atoms with Gasteiger partial charge in [-0.15, -0.1) is 11.8 Å². The number of rotatable bonds is 11. The highest BCUT2D eigenvalue weighted by atomic mass is 16.7. The molecule has 0 amide bonds. The van der Waals surface area contributed by atoms with Crippen molar-refractivity contribution in [3.8, 4) is 11.8 Å². The van der Waals surface area contributed by atoms with Gasteiger partial charge in [0.1, 0.15) is 0 Å². The van der Waals surface area contributed by atoms with Gasteiger partial charge < -0.3 is 9.47 Å². The predicted octanol–water partition coefficient (Wildman–Crippen LogP) is 5.45. The third-order valence-electron chi connectivity index (χ3n) is 3.92. The molecule has 1 fully saturated rings. The van der Waals surface area contributed by atoms with Crippen LogP contribution in [0.5, 0.6) is 0 Å². The van der Waals surface area contributed by atoms with Crippen molar-refractivity contribution in [3.05, 3.63) is 0 Å². The standard InChI is InChI=1S/C19H34O2/c1-2-3-4-5-6-7-8-9-10-11-12-14-17-20-19-16-13-15-18-21-19/h19H,2-6,9-18H2,1H3/t19-/m0/s1. The van der Waals surface area contributed by atoms with E-state index in [-0.39, 0.29) is 6.29 Å². The maximum absolute atomic E-state index is 5.72. The minimum atomic E-state index is 0.0809. The normalized spacial score (nSPS) is 18.2. The fraction of sp³-hybridized carbons (Fsp3) is 0.895. The zero-order chi connectivity index (χ0) is 15.0. The monoisotopic (exact) mass is 294 g/mol. The molecule has 1 aliphatic rings. The van der Waals surface area contributed by atoms with Crippen LogP contribution in [0.4, 0.5) is 0 Å². The van der Waals surface area contributed by atoms with Crippen LogP contribution < -0.4 is 0 Å². The molecule has 0 bridgehead atoms. The zero-order valence-corrected chi connectivity index (χ0v) is 14.0. The Morgan fingerprint density at radius 3 is 2.29 bits per heavy atom. The minimum absolute atomic E-state index is 0.0809. The molecule has 0 aromatic rings. The lowest BCUT2D eigenvalue weighted by Gasteiger charge is -2.22. The molecule has 0 aromatic carbocycles. The summed E-state index contributed by atoms with van der Waals surface area (Å²) >= 11 is 0. The maximum Gasteiger partial charge on any atom is 0.157 e. The molecule has 1 aliphatic heterocycles. The Bertz CT molecular complexity index is 271. The summed E-state index contributed by atoms with van der Waals surface area (Å²) in [6.45, 7) is 3.98. The van der Waals surface area contributed by atoms with Gasteiger partial charge in [-0.3, -0.25) is 0 Å². The van der Waals surface area contributed by atoms with Gasteiger partial charge in [0.2, 0.25) is 0 Å². The Morgan fingerprint density at radius 1 is 0.905 bits per heavy atom. The van der Waals surface area contributed by atoms with E-state index in [0.29, 0.717) is 0 Å². The number of unbranched alkanes of at least 4 members (excludes halogenated alkanes) is 8. The second kappa shape index (κ2) is 14.4. The second-order valence-corrected chi connectivity index (χ2v) is 6.00. The Labute approximate surface area is 132 Å². The first kappa shape index (κ1) is 18.5. The maximum atomic E-state index is 5.72. The number of hydrogen-bond donors (Lipinski definition) is 0. The van der Waals surface area contributed by atoms with Gasteiger partial charge in [0.15, 0.2) is 6.29 Å². The molecule has 0 spiro atoms. The summed E-state index contributed by atoms with van der Waals surface area (Å²) in [6, 6.07) is 0. The molecule has 1 saturated heterocycles. The van der Waals surface area contributed by atoms with Gasteiger partial charge in [-0.25, -0.2) is 0 Å². The van der Waals surface area contributed by atoms with Crippen molar-refractivity contribution in [2.45, 2.75) is 96.7 Å². The van der Waals surface area contributed by atoms with Gasteiger partial charge in [0.25, 0.3) is 0 Å². The summed E-state index contributed by atoms with van der Waals surface area (Å²) in [4.78, 5) is 0. The first-order chi connectivity index (χ1) is 10.4. The van der Waals surface area contributed by atoms with Gasteiger partial charge in [-0.05, 0) is 38.5 Å². The van der Waals surface area contributed by atoms with Crippen LogP contribution in [0.15, 0.2) is 0 Å². The van der Waals surface area contributed by atoms with Crippen molar-refractivity contribution in [2.24, 2.45) is 0 Å². The molecule has 122 valence electrons. The van der Waals surface area contributed by atoms with Crippen molar-refractivity contribution < 1.29 is 9.47 Å². The lowest BCUT2D eigenvalue weighted by molar-refractivity contribution is -0.162. The summed E-state index contributed by atoms with van der Waals surface area (Å²) in [7, 11) is 0. The van der Waals surface area contributed by atoms with Crippen molar-refractivity contribution in [1.82, 2.24) is 0 Å². The molecule has 2 nitrogen and oxygen atoms in total. The van der Waals surface area contributed by atoms with E-state index < -0.39 is 0 Å². The summed E-state index contributed by atoms with van der Waals surface area (Å²) in [6.07, 6.45) is 16.0. The summed E-state index contributed by atoms with van der Waals surface area (Å²) in [5.74, 6) is 6.60. The molecule has 1 heterocycles. The van der Waals surface area contributed by atoms with Gasteiger partial charge in [-0.2, -0.15) is 0 Å². The lowest BCUT2D eigenvalue weighted by atomic mass is 10.1. The first-order valence-electron chi connectivity index (χ1n) is 9.12. The average Bonchev–Trinajstić information content (AvgIpc) is 2.53.